The number of phenolic OH excluding ortho intramolecular Hbond substituents is 1. The van der Waals surface area contributed by atoms with Gasteiger partial charge in [-0.1, -0.05) is 56.3 Å². The molecule has 5 atom stereocenters. The van der Waals surface area contributed by atoms with Crippen molar-refractivity contribution in [1.82, 2.24) is 15.5 Å². The zero-order chi connectivity index (χ0) is 27.7. The van der Waals surface area contributed by atoms with E-state index in [1.54, 1.807) is 12.1 Å². The highest BCUT2D eigenvalue weighted by molar-refractivity contribution is 7.99. The number of phenols is 1. The zero-order valence-corrected chi connectivity index (χ0v) is 23.1. The average molecular weight is 542 g/mol. The third kappa shape index (κ3) is 8.49. The Kier molecular flexibility index (Phi) is 11.0. The lowest BCUT2D eigenvalue weighted by Gasteiger charge is -2.45. The number of nitrogens with one attached hydrogen (secondary N) is 2. The van der Waals surface area contributed by atoms with Crippen LogP contribution in [0.3, 0.4) is 0 Å². The summed E-state index contributed by atoms with van der Waals surface area (Å²) in [5, 5.41) is 25.3. The summed E-state index contributed by atoms with van der Waals surface area (Å²) in [4.78, 5) is 39.0. The Hall–Kier alpha value is -3.04. The van der Waals surface area contributed by atoms with Crippen LogP contribution in [0.1, 0.15) is 44.4 Å². The van der Waals surface area contributed by atoms with Crippen LogP contribution in [-0.4, -0.2) is 63.7 Å². The average Bonchev–Trinajstić information content (AvgIpc) is 2.88. The first-order valence-electron chi connectivity index (χ1n) is 13.1. The van der Waals surface area contributed by atoms with Gasteiger partial charge in [0.05, 0.1) is 11.8 Å². The highest BCUT2D eigenvalue weighted by atomic mass is 32.2. The van der Waals surface area contributed by atoms with Crippen LogP contribution >= 0.6 is 11.8 Å². The van der Waals surface area contributed by atoms with Gasteiger partial charge in [0.15, 0.2) is 0 Å². The molecule has 8 nitrogen and oxygen atoms in total. The molecule has 0 aromatic heterocycles. The molecule has 0 saturated carbocycles. The summed E-state index contributed by atoms with van der Waals surface area (Å²) in [6.07, 6.45) is 1.47. The van der Waals surface area contributed by atoms with Gasteiger partial charge in [-0.2, -0.15) is 0 Å². The highest BCUT2D eigenvalue weighted by Crippen LogP contribution is 2.40. The number of rotatable bonds is 12. The number of likely N-dealkylation sites (tertiary alicyclic amines) is 1. The monoisotopic (exact) mass is 541 g/mol. The molecule has 0 radical (unpaired) electrons. The molecule has 2 aromatic carbocycles. The van der Waals surface area contributed by atoms with E-state index in [4.69, 9.17) is 0 Å². The minimum absolute atomic E-state index is 0.0282. The van der Waals surface area contributed by atoms with Crippen LogP contribution in [0.15, 0.2) is 54.6 Å². The minimum Gasteiger partial charge on any atom is -0.508 e. The fourth-order valence-corrected chi connectivity index (χ4v) is 5.94. The van der Waals surface area contributed by atoms with Crippen LogP contribution in [0, 0.1) is 17.8 Å². The number of piperidine rings is 1. The number of aliphatic carboxylic acids is 1. The molecule has 3 rings (SSSR count). The normalized spacial score (nSPS) is 21.3. The van der Waals surface area contributed by atoms with Crippen molar-refractivity contribution in [1.29, 1.82) is 0 Å². The molecule has 1 fully saturated rings. The van der Waals surface area contributed by atoms with Crippen molar-refractivity contribution >= 4 is 29.5 Å². The molecule has 206 valence electrons. The molecule has 4 N–H and O–H groups in total. The molecule has 38 heavy (non-hydrogen) atoms. The van der Waals surface area contributed by atoms with Gasteiger partial charge in [0, 0.05) is 25.3 Å². The van der Waals surface area contributed by atoms with E-state index in [9.17, 15) is 24.6 Å². The summed E-state index contributed by atoms with van der Waals surface area (Å²) < 4.78 is 0. The second-order valence-electron chi connectivity index (χ2n) is 10.2. The Bertz CT molecular complexity index is 1080. The lowest BCUT2D eigenvalue weighted by atomic mass is 9.78. The number of benzene rings is 2. The van der Waals surface area contributed by atoms with E-state index in [-0.39, 0.29) is 35.2 Å². The molecule has 0 aliphatic carbocycles. The first-order chi connectivity index (χ1) is 18.2. The van der Waals surface area contributed by atoms with Gasteiger partial charge in [0.2, 0.25) is 11.8 Å². The molecule has 2 amide bonds. The molecular weight excluding hydrogens is 502 g/mol. The van der Waals surface area contributed by atoms with Crippen LogP contribution in [-0.2, 0) is 20.8 Å². The molecule has 2 aromatic rings. The summed E-state index contributed by atoms with van der Waals surface area (Å²) in [7, 11) is 0. The Balaban J connectivity index is 1.81. The van der Waals surface area contributed by atoms with E-state index in [0.717, 1.165) is 24.1 Å². The maximum Gasteiger partial charge on any atom is 0.327 e. The van der Waals surface area contributed by atoms with Gasteiger partial charge < -0.3 is 20.8 Å². The predicted molar refractivity (Wildman–Crippen MR) is 150 cm³/mol. The quantitative estimate of drug-likeness (QED) is 0.239. The van der Waals surface area contributed by atoms with Gasteiger partial charge in [0.1, 0.15) is 11.8 Å². The summed E-state index contributed by atoms with van der Waals surface area (Å²) in [6.45, 7) is 7.12. The van der Waals surface area contributed by atoms with Gasteiger partial charge >= 0.3 is 5.97 Å². The Morgan fingerprint density at radius 3 is 2.50 bits per heavy atom. The number of thioether (sulfide) groups is 1. The second kappa shape index (κ2) is 14.2. The third-order valence-electron chi connectivity index (χ3n) is 7.35. The van der Waals surface area contributed by atoms with Crippen molar-refractivity contribution in [2.75, 3.05) is 24.7 Å². The van der Waals surface area contributed by atoms with E-state index in [2.05, 4.69) is 29.4 Å². The number of carbonyl (C=O) groups excluding carboxylic acids is 2. The number of carboxylic acids is 1. The predicted octanol–water partition coefficient (Wildman–Crippen LogP) is 3.67. The van der Waals surface area contributed by atoms with Gasteiger partial charge in [-0.05, 0) is 54.5 Å². The fraction of sp³-hybridized carbons (Fsp3) is 0.483. The zero-order valence-electron chi connectivity index (χ0n) is 22.3. The van der Waals surface area contributed by atoms with E-state index in [0.29, 0.717) is 24.8 Å². The van der Waals surface area contributed by atoms with Crippen molar-refractivity contribution in [3.8, 4) is 5.75 Å². The van der Waals surface area contributed by atoms with Gasteiger partial charge in [-0.15, -0.1) is 11.8 Å². The third-order valence-corrected chi connectivity index (χ3v) is 8.26. The largest absolute Gasteiger partial charge is 0.508 e. The molecular formula is C29H39N3O5S. The standard InChI is InChI=1S/C29H39N3O5S/c1-19-12-13-32(27(20(19)2)23-10-7-11-25(34)15-23)16-24(14-22-8-5-4-6-9-22)28(35)31-26(29(36)37)17-38-18-30-21(3)33/h4-11,15,19-20,24,26-27,34H,12-14,16-18H2,1-3H3,(H,30,33)(H,31,35)(H,36,37)/t19-,20-,24+,26-,27?/m1/s1. The topological polar surface area (TPSA) is 119 Å². The van der Waals surface area contributed by atoms with Crippen LogP contribution in [0.2, 0.25) is 0 Å². The number of nitrogens with zero attached hydrogens (tertiary/aromatic N) is 1. The molecule has 1 aliphatic heterocycles. The van der Waals surface area contributed by atoms with Crippen molar-refractivity contribution in [2.45, 2.75) is 45.7 Å². The number of carbonyl (C=O) groups is 3. The van der Waals surface area contributed by atoms with Gasteiger partial charge in [-0.25, -0.2) is 4.79 Å². The van der Waals surface area contributed by atoms with Crippen LogP contribution in [0.4, 0.5) is 0 Å². The molecule has 1 aliphatic rings. The SMILES string of the molecule is CC(=O)NCSC[C@@H](NC(=O)[C@@H](Cc1ccccc1)CN1CC[C@@H](C)[C@@H](C)C1c1cccc(O)c1)C(=O)O. The number of aromatic hydroxyl groups is 1. The maximum absolute atomic E-state index is 13.6. The second-order valence-corrected chi connectivity index (χ2v) is 11.2. The number of hydrogen-bond donors (Lipinski definition) is 4. The van der Waals surface area contributed by atoms with E-state index in [1.807, 2.05) is 42.5 Å². The van der Waals surface area contributed by atoms with Gasteiger partial charge in [-0.3, -0.25) is 14.5 Å². The molecule has 9 heteroatoms. The lowest BCUT2D eigenvalue weighted by molar-refractivity contribution is -0.142. The molecule has 1 unspecified atom stereocenters. The Labute approximate surface area is 229 Å². The summed E-state index contributed by atoms with van der Waals surface area (Å²) >= 11 is 1.25. The van der Waals surface area contributed by atoms with E-state index >= 15 is 0 Å². The van der Waals surface area contributed by atoms with E-state index in [1.165, 1.54) is 18.7 Å². The van der Waals surface area contributed by atoms with E-state index < -0.39 is 17.9 Å². The number of amides is 2. The molecule has 0 bridgehead atoms. The summed E-state index contributed by atoms with van der Waals surface area (Å²) in [5.74, 6) is -0.649. The Morgan fingerprint density at radius 2 is 1.84 bits per heavy atom. The number of carboxylic acid groups (broad SMARTS) is 1. The number of hydrogen-bond acceptors (Lipinski definition) is 6. The first-order valence-corrected chi connectivity index (χ1v) is 14.2. The van der Waals surface area contributed by atoms with Crippen LogP contribution in [0.5, 0.6) is 5.75 Å². The van der Waals surface area contributed by atoms with Crippen molar-refractivity contribution in [3.05, 3.63) is 65.7 Å². The van der Waals surface area contributed by atoms with Crippen LogP contribution < -0.4 is 10.6 Å². The minimum atomic E-state index is -1.11. The molecule has 0 spiro atoms. The summed E-state index contributed by atoms with van der Waals surface area (Å²) in [5.41, 5.74) is 2.02. The first kappa shape index (κ1) is 29.5. The summed E-state index contributed by atoms with van der Waals surface area (Å²) in [6, 6.07) is 16.0. The highest BCUT2D eigenvalue weighted by Gasteiger charge is 2.37. The Morgan fingerprint density at radius 1 is 1.11 bits per heavy atom. The molecule has 1 heterocycles. The van der Waals surface area contributed by atoms with Crippen molar-refractivity contribution < 1.29 is 24.6 Å². The fourth-order valence-electron chi connectivity index (χ4n) is 5.06. The lowest BCUT2D eigenvalue weighted by Crippen LogP contribution is -2.50. The van der Waals surface area contributed by atoms with Gasteiger partial charge in [0.25, 0.3) is 0 Å². The smallest absolute Gasteiger partial charge is 0.327 e. The van der Waals surface area contributed by atoms with Crippen LogP contribution in [0.25, 0.3) is 0 Å². The van der Waals surface area contributed by atoms with Crippen molar-refractivity contribution in [3.63, 3.8) is 0 Å². The molecule has 1 saturated heterocycles. The van der Waals surface area contributed by atoms with Crippen molar-refractivity contribution in [2.24, 2.45) is 17.8 Å². The maximum atomic E-state index is 13.6.